The van der Waals surface area contributed by atoms with Crippen LogP contribution in [0.4, 0.5) is 14.5 Å². The summed E-state index contributed by atoms with van der Waals surface area (Å²) in [6.07, 6.45) is 0.745. The van der Waals surface area contributed by atoms with E-state index in [1.54, 1.807) is 27.7 Å². The average Bonchev–Trinajstić information content (AvgIpc) is 2.81. The number of rotatable bonds is 8. The van der Waals surface area contributed by atoms with E-state index in [1.807, 2.05) is 4.90 Å². The van der Waals surface area contributed by atoms with Gasteiger partial charge in [-0.25, -0.2) is 18.6 Å². The van der Waals surface area contributed by atoms with Crippen molar-refractivity contribution >= 4 is 29.5 Å². The quantitative estimate of drug-likeness (QED) is 0.209. The monoisotopic (exact) mass is 552 g/mol. The number of halogens is 3. The van der Waals surface area contributed by atoms with Gasteiger partial charge in [-0.2, -0.15) is 0 Å². The summed E-state index contributed by atoms with van der Waals surface area (Å²) >= 11 is 6.67. The molecule has 1 aliphatic heterocycles. The summed E-state index contributed by atoms with van der Waals surface area (Å²) in [6.45, 7) is 12.5. The lowest BCUT2D eigenvalue weighted by Gasteiger charge is -2.41. The molecule has 2 aromatic rings. The van der Waals surface area contributed by atoms with E-state index in [-0.39, 0.29) is 39.6 Å². The van der Waals surface area contributed by atoms with Crippen LogP contribution in [-0.4, -0.2) is 49.6 Å². The minimum Gasteiger partial charge on any atom is -0.491 e. The first-order valence-electron chi connectivity index (χ1n) is 12.5. The smallest absolute Gasteiger partial charge is 0.340 e. The third-order valence-electron chi connectivity index (χ3n) is 6.46. The molecule has 0 bridgehead atoms. The van der Waals surface area contributed by atoms with E-state index in [2.05, 4.69) is 18.8 Å². The maximum absolute atomic E-state index is 14.9. The number of ether oxygens (including phenoxy) is 3. The van der Waals surface area contributed by atoms with Crippen molar-refractivity contribution in [3.8, 4) is 16.9 Å². The Labute approximate surface area is 227 Å². The Morgan fingerprint density at radius 1 is 1.21 bits per heavy atom. The fourth-order valence-corrected chi connectivity index (χ4v) is 4.82. The first kappa shape index (κ1) is 29.8. The maximum Gasteiger partial charge on any atom is 0.340 e. The second kappa shape index (κ2) is 11.5. The predicted molar refractivity (Wildman–Crippen MR) is 142 cm³/mol. The number of anilines is 1. The molecule has 1 saturated heterocycles. The van der Waals surface area contributed by atoms with Gasteiger partial charge >= 0.3 is 5.97 Å². The molecule has 10 heteroatoms. The summed E-state index contributed by atoms with van der Waals surface area (Å²) in [7, 11) is 1.16. The van der Waals surface area contributed by atoms with Crippen molar-refractivity contribution in [2.24, 2.45) is 5.41 Å². The van der Waals surface area contributed by atoms with Gasteiger partial charge < -0.3 is 19.1 Å². The van der Waals surface area contributed by atoms with Crippen LogP contribution in [0, 0.1) is 17.0 Å². The Morgan fingerprint density at radius 2 is 1.79 bits per heavy atom. The molecule has 7 nitrogen and oxygen atoms in total. The van der Waals surface area contributed by atoms with Crippen LogP contribution in [0.15, 0.2) is 12.1 Å². The summed E-state index contributed by atoms with van der Waals surface area (Å²) in [4.78, 5) is 31.7. The summed E-state index contributed by atoms with van der Waals surface area (Å²) in [5, 5.41) is -0.132. The van der Waals surface area contributed by atoms with E-state index in [0.717, 1.165) is 32.1 Å². The first-order valence-corrected chi connectivity index (χ1v) is 12.9. The van der Waals surface area contributed by atoms with Gasteiger partial charge in [0.05, 0.1) is 30.6 Å². The summed E-state index contributed by atoms with van der Waals surface area (Å²) < 4.78 is 46.1. The number of hydrogen-bond donors (Lipinski definition) is 0. The number of carbonyl (C=O) groups excluding carboxylic acids is 2. The van der Waals surface area contributed by atoms with Gasteiger partial charge in [0, 0.05) is 18.7 Å². The molecular weight excluding hydrogens is 518 g/mol. The Morgan fingerprint density at radius 3 is 2.26 bits per heavy atom. The molecule has 1 aromatic heterocycles. The molecule has 1 aromatic carbocycles. The van der Waals surface area contributed by atoms with Crippen LogP contribution in [-0.2, 0) is 14.3 Å². The zero-order chi connectivity index (χ0) is 28.4. The third-order valence-corrected chi connectivity index (χ3v) is 6.75. The standard InChI is InChI=1S/C28H35ClF2N2O5/c1-8-37-26(35)24(38-27(2,3)4)21-22(33-11-9-28(5,6)10-12-33)20(19(15-34)32-25(21)29)16-13-17(30)23(36-7)18(31)14-16/h13-15,24H,8-12H2,1-7H3/t24-/m0/s1. The molecule has 3 rings (SSSR count). The number of benzene rings is 1. The average molecular weight is 553 g/mol. The maximum atomic E-state index is 14.9. The number of methoxy groups -OCH3 is 1. The number of esters is 1. The Hall–Kier alpha value is -2.78. The number of aldehydes is 1. The first-order chi connectivity index (χ1) is 17.7. The van der Waals surface area contributed by atoms with Crippen molar-refractivity contribution in [3.05, 3.63) is 40.2 Å². The van der Waals surface area contributed by atoms with Gasteiger partial charge in [0.2, 0.25) is 0 Å². The van der Waals surface area contributed by atoms with Crippen LogP contribution in [0.1, 0.15) is 76.5 Å². The number of pyridine rings is 1. The van der Waals surface area contributed by atoms with Crippen molar-refractivity contribution in [2.45, 2.75) is 66.1 Å². The van der Waals surface area contributed by atoms with Crippen molar-refractivity contribution < 1.29 is 32.6 Å². The van der Waals surface area contributed by atoms with Gasteiger partial charge in [-0.3, -0.25) is 4.79 Å². The van der Waals surface area contributed by atoms with Crippen LogP contribution in [0.3, 0.4) is 0 Å². The molecule has 38 heavy (non-hydrogen) atoms. The molecule has 1 atom stereocenters. The fourth-order valence-electron chi connectivity index (χ4n) is 4.54. The molecule has 0 saturated carbocycles. The number of piperidine rings is 1. The lowest BCUT2D eigenvalue weighted by molar-refractivity contribution is -0.166. The van der Waals surface area contributed by atoms with E-state index in [4.69, 9.17) is 25.8 Å². The molecule has 0 N–H and O–H groups in total. The van der Waals surface area contributed by atoms with Gasteiger partial charge in [-0.1, -0.05) is 25.4 Å². The van der Waals surface area contributed by atoms with E-state index in [9.17, 15) is 18.4 Å². The molecule has 208 valence electrons. The van der Waals surface area contributed by atoms with Gasteiger partial charge in [0.1, 0.15) is 10.8 Å². The molecule has 0 amide bonds. The normalized spacial score (nSPS) is 16.2. The van der Waals surface area contributed by atoms with Crippen LogP contribution in [0.2, 0.25) is 5.15 Å². The third kappa shape index (κ3) is 6.43. The van der Waals surface area contributed by atoms with E-state index in [0.29, 0.717) is 25.1 Å². The zero-order valence-electron chi connectivity index (χ0n) is 22.9. The molecule has 0 unspecified atom stereocenters. The fraction of sp³-hybridized carbons (Fsp3) is 0.536. The van der Waals surface area contributed by atoms with E-state index >= 15 is 0 Å². The molecular formula is C28H35ClF2N2O5. The molecule has 1 aliphatic rings. The van der Waals surface area contributed by atoms with Gasteiger partial charge in [0.25, 0.3) is 0 Å². The Balaban J connectivity index is 2.42. The number of carbonyl (C=O) groups is 2. The molecule has 1 fully saturated rings. The highest BCUT2D eigenvalue weighted by atomic mass is 35.5. The van der Waals surface area contributed by atoms with Crippen molar-refractivity contribution in [1.82, 2.24) is 4.98 Å². The molecule has 0 aliphatic carbocycles. The predicted octanol–water partition coefficient (Wildman–Crippen LogP) is 6.55. The van der Waals surface area contributed by atoms with Gasteiger partial charge in [-0.05, 0) is 63.6 Å². The van der Waals surface area contributed by atoms with Crippen LogP contribution >= 0.6 is 11.6 Å². The van der Waals surface area contributed by atoms with Crippen LogP contribution < -0.4 is 9.64 Å². The SMILES string of the molecule is CCOC(=O)[C@@H](OC(C)(C)C)c1c(Cl)nc(C=O)c(-c2cc(F)c(OC)c(F)c2)c1N1CCC(C)(C)CC1. The van der Waals surface area contributed by atoms with Gasteiger partial charge in [0.15, 0.2) is 29.8 Å². The molecule has 0 radical (unpaired) electrons. The van der Waals surface area contributed by atoms with Crippen LogP contribution in [0.5, 0.6) is 5.75 Å². The topological polar surface area (TPSA) is 78.0 Å². The highest BCUT2D eigenvalue weighted by Gasteiger charge is 2.38. The highest BCUT2D eigenvalue weighted by Crippen LogP contribution is 2.47. The minimum atomic E-state index is -1.31. The van der Waals surface area contributed by atoms with E-state index in [1.165, 1.54) is 0 Å². The van der Waals surface area contributed by atoms with Crippen molar-refractivity contribution in [2.75, 3.05) is 31.7 Å². The van der Waals surface area contributed by atoms with Crippen LogP contribution in [0.25, 0.3) is 11.1 Å². The summed E-state index contributed by atoms with van der Waals surface area (Å²) in [5.74, 6) is -3.14. The largest absolute Gasteiger partial charge is 0.491 e. The summed E-state index contributed by atoms with van der Waals surface area (Å²) in [6, 6.07) is 2.15. The molecule has 2 heterocycles. The highest BCUT2D eigenvalue weighted by molar-refractivity contribution is 6.31. The number of nitrogens with zero attached hydrogens (tertiary/aromatic N) is 2. The Bertz CT molecular complexity index is 1180. The summed E-state index contributed by atoms with van der Waals surface area (Å²) in [5.41, 5.74) is -0.143. The lowest BCUT2D eigenvalue weighted by atomic mass is 9.82. The number of aromatic nitrogens is 1. The zero-order valence-corrected chi connectivity index (χ0v) is 23.7. The van der Waals surface area contributed by atoms with E-state index < -0.39 is 35.1 Å². The minimum absolute atomic E-state index is 0.0477. The second-order valence-electron chi connectivity index (χ2n) is 11.0. The Kier molecular flexibility index (Phi) is 9.04. The van der Waals surface area contributed by atoms with Crippen molar-refractivity contribution in [1.29, 1.82) is 0 Å². The second-order valence-corrected chi connectivity index (χ2v) is 11.4. The molecule has 0 spiro atoms. The number of hydrogen-bond acceptors (Lipinski definition) is 7. The van der Waals surface area contributed by atoms with Gasteiger partial charge in [-0.15, -0.1) is 0 Å². The lowest BCUT2D eigenvalue weighted by Crippen LogP contribution is -2.39. The van der Waals surface area contributed by atoms with Crippen molar-refractivity contribution in [3.63, 3.8) is 0 Å².